The Labute approximate surface area is 105 Å². The summed E-state index contributed by atoms with van der Waals surface area (Å²) in [5.74, 6) is 0.745. The first-order chi connectivity index (χ1) is 8.22. The van der Waals surface area contributed by atoms with Gasteiger partial charge in [-0.15, -0.1) is 0 Å². The van der Waals surface area contributed by atoms with E-state index in [-0.39, 0.29) is 0 Å². The highest BCUT2D eigenvalue weighted by molar-refractivity contribution is 5.72. The van der Waals surface area contributed by atoms with E-state index >= 15 is 0 Å². The minimum atomic E-state index is 0.745. The van der Waals surface area contributed by atoms with Gasteiger partial charge < -0.3 is 5.73 Å². The minimum absolute atomic E-state index is 0.745. The van der Waals surface area contributed by atoms with Gasteiger partial charge in [-0.2, -0.15) is 0 Å². The van der Waals surface area contributed by atoms with Crippen molar-refractivity contribution < 1.29 is 0 Å². The monoisotopic (exact) mass is 229 g/mol. The first-order valence-corrected chi connectivity index (χ1v) is 6.75. The zero-order valence-electron chi connectivity index (χ0n) is 11.0. The van der Waals surface area contributed by atoms with Crippen molar-refractivity contribution in [3.63, 3.8) is 0 Å². The molecule has 0 atom stereocenters. The maximum absolute atomic E-state index is 5.92. The third-order valence-electron chi connectivity index (χ3n) is 3.93. The van der Waals surface area contributed by atoms with Crippen LogP contribution in [-0.2, 0) is 0 Å². The molecule has 0 heterocycles. The molecule has 0 amide bonds. The number of hydrogen-bond acceptors (Lipinski definition) is 1. The van der Waals surface area contributed by atoms with Crippen LogP contribution < -0.4 is 5.73 Å². The van der Waals surface area contributed by atoms with E-state index < -0.39 is 0 Å². The van der Waals surface area contributed by atoms with E-state index in [1.54, 1.807) is 0 Å². The van der Waals surface area contributed by atoms with Crippen molar-refractivity contribution in [1.29, 1.82) is 0 Å². The van der Waals surface area contributed by atoms with Crippen molar-refractivity contribution in [1.82, 2.24) is 0 Å². The van der Waals surface area contributed by atoms with Crippen LogP contribution in [0.4, 0.5) is 5.69 Å². The molecular formula is C16H23N. The van der Waals surface area contributed by atoms with Gasteiger partial charge in [0.05, 0.1) is 0 Å². The van der Waals surface area contributed by atoms with Crippen molar-refractivity contribution >= 4 is 11.3 Å². The molecule has 0 spiro atoms. The van der Waals surface area contributed by atoms with E-state index in [9.17, 15) is 0 Å². The Morgan fingerprint density at radius 1 is 1.24 bits per heavy atom. The van der Waals surface area contributed by atoms with Crippen LogP contribution in [-0.4, -0.2) is 0 Å². The standard InChI is InChI=1S/C16H23N/c1-3-15(13-7-5-4-6-8-13)16-11-14(17)10-9-12(16)2/h3,9-11,13H,4-8,17H2,1-2H3/b15-3-. The Morgan fingerprint density at radius 3 is 2.59 bits per heavy atom. The molecular weight excluding hydrogens is 206 g/mol. The molecule has 0 aromatic heterocycles. The molecule has 0 aliphatic heterocycles. The molecule has 0 saturated heterocycles. The van der Waals surface area contributed by atoms with Gasteiger partial charge in [0.15, 0.2) is 0 Å². The van der Waals surface area contributed by atoms with Gasteiger partial charge in [0, 0.05) is 5.69 Å². The summed E-state index contributed by atoms with van der Waals surface area (Å²) in [5.41, 5.74) is 11.0. The summed E-state index contributed by atoms with van der Waals surface area (Å²) in [6.45, 7) is 4.34. The molecule has 1 fully saturated rings. The molecule has 0 unspecified atom stereocenters. The number of benzene rings is 1. The smallest absolute Gasteiger partial charge is 0.0320 e. The average molecular weight is 229 g/mol. The van der Waals surface area contributed by atoms with Crippen LogP contribution in [0.5, 0.6) is 0 Å². The largest absolute Gasteiger partial charge is 0.399 e. The van der Waals surface area contributed by atoms with Gasteiger partial charge in [-0.3, -0.25) is 0 Å². The number of allylic oxidation sites excluding steroid dienone is 2. The predicted molar refractivity (Wildman–Crippen MR) is 75.8 cm³/mol. The first kappa shape index (κ1) is 12.2. The number of hydrogen-bond donors (Lipinski definition) is 1. The Balaban J connectivity index is 2.31. The second-order valence-corrected chi connectivity index (χ2v) is 5.15. The summed E-state index contributed by atoms with van der Waals surface area (Å²) >= 11 is 0. The molecule has 1 aliphatic rings. The average Bonchev–Trinajstić information content (AvgIpc) is 2.36. The maximum Gasteiger partial charge on any atom is 0.0320 e. The summed E-state index contributed by atoms with van der Waals surface area (Å²) in [7, 11) is 0. The van der Waals surface area contributed by atoms with E-state index in [1.165, 1.54) is 48.8 Å². The normalized spacial score (nSPS) is 18.4. The Morgan fingerprint density at radius 2 is 1.94 bits per heavy atom. The highest BCUT2D eigenvalue weighted by Gasteiger charge is 2.19. The number of aryl methyl sites for hydroxylation is 1. The molecule has 1 heteroatoms. The van der Waals surface area contributed by atoms with Gasteiger partial charge in [0.1, 0.15) is 0 Å². The summed E-state index contributed by atoms with van der Waals surface area (Å²) in [4.78, 5) is 0. The molecule has 2 N–H and O–H groups in total. The summed E-state index contributed by atoms with van der Waals surface area (Å²) < 4.78 is 0. The summed E-state index contributed by atoms with van der Waals surface area (Å²) in [6, 6.07) is 6.27. The van der Waals surface area contributed by atoms with Crippen LogP contribution in [0.15, 0.2) is 24.3 Å². The van der Waals surface area contributed by atoms with Gasteiger partial charge in [0.2, 0.25) is 0 Å². The highest BCUT2D eigenvalue weighted by Crippen LogP contribution is 2.36. The molecule has 1 nitrogen and oxygen atoms in total. The van der Waals surface area contributed by atoms with Crippen LogP contribution in [0, 0.1) is 12.8 Å². The van der Waals surface area contributed by atoms with E-state index in [1.807, 2.05) is 6.07 Å². The lowest BCUT2D eigenvalue weighted by molar-refractivity contribution is 0.429. The molecule has 1 saturated carbocycles. The Kier molecular flexibility index (Phi) is 3.88. The quantitative estimate of drug-likeness (QED) is 0.739. The highest BCUT2D eigenvalue weighted by atomic mass is 14.5. The number of rotatable bonds is 2. The van der Waals surface area contributed by atoms with E-state index in [2.05, 4.69) is 32.1 Å². The molecule has 2 rings (SSSR count). The zero-order chi connectivity index (χ0) is 12.3. The van der Waals surface area contributed by atoms with Crippen LogP contribution in [0.2, 0.25) is 0 Å². The fourth-order valence-corrected chi connectivity index (χ4v) is 2.98. The van der Waals surface area contributed by atoms with Crippen LogP contribution >= 0.6 is 0 Å². The lowest BCUT2D eigenvalue weighted by Gasteiger charge is -2.26. The van der Waals surface area contributed by atoms with Gasteiger partial charge in [0.25, 0.3) is 0 Å². The first-order valence-electron chi connectivity index (χ1n) is 6.75. The third-order valence-corrected chi connectivity index (χ3v) is 3.93. The van der Waals surface area contributed by atoms with Crippen molar-refractivity contribution in [2.24, 2.45) is 5.92 Å². The van der Waals surface area contributed by atoms with Gasteiger partial charge in [-0.1, -0.05) is 31.4 Å². The lowest BCUT2D eigenvalue weighted by atomic mass is 9.80. The van der Waals surface area contributed by atoms with E-state index in [0.717, 1.165) is 11.6 Å². The molecule has 0 radical (unpaired) electrons. The summed E-state index contributed by atoms with van der Waals surface area (Å²) in [5, 5.41) is 0. The van der Waals surface area contributed by atoms with Crippen LogP contribution in [0.25, 0.3) is 5.57 Å². The third kappa shape index (κ3) is 2.71. The van der Waals surface area contributed by atoms with Gasteiger partial charge in [-0.25, -0.2) is 0 Å². The van der Waals surface area contributed by atoms with E-state index in [4.69, 9.17) is 5.73 Å². The lowest BCUT2D eigenvalue weighted by Crippen LogP contribution is -2.09. The molecule has 1 aromatic carbocycles. The van der Waals surface area contributed by atoms with Crippen molar-refractivity contribution in [3.05, 3.63) is 35.4 Å². The molecule has 1 aliphatic carbocycles. The maximum atomic E-state index is 5.92. The Bertz CT molecular complexity index is 412. The SMILES string of the molecule is C/C=C(\c1cc(N)ccc1C)C1CCCCC1. The second-order valence-electron chi connectivity index (χ2n) is 5.15. The van der Waals surface area contributed by atoms with Gasteiger partial charge >= 0.3 is 0 Å². The van der Waals surface area contributed by atoms with Crippen LogP contribution in [0.1, 0.15) is 50.2 Å². The second kappa shape index (κ2) is 5.39. The van der Waals surface area contributed by atoms with Crippen LogP contribution in [0.3, 0.4) is 0 Å². The summed E-state index contributed by atoms with van der Waals surface area (Å²) in [6.07, 6.45) is 9.13. The topological polar surface area (TPSA) is 26.0 Å². The minimum Gasteiger partial charge on any atom is -0.399 e. The predicted octanol–water partition coefficient (Wildman–Crippen LogP) is 4.56. The zero-order valence-corrected chi connectivity index (χ0v) is 11.0. The van der Waals surface area contributed by atoms with Crippen molar-refractivity contribution in [3.8, 4) is 0 Å². The van der Waals surface area contributed by atoms with E-state index in [0.29, 0.717) is 0 Å². The fourth-order valence-electron chi connectivity index (χ4n) is 2.98. The molecule has 17 heavy (non-hydrogen) atoms. The molecule has 92 valence electrons. The van der Waals surface area contributed by atoms with Crippen molar-refractivity contribution in [2.75, 3.05) is 5.73 Å². The molecule has 1 aromatic rings. The number of nitrogen functional groups attached to an aromatic ring is 1. The van der Waals surface area contributed by atoms with Crippen molar-refractivity contribution in [2.45, 2.75) is 46.0 Å². The Hall–Kier alpha value is -1.24. The van der Waals surface area contributed by atoms with Gasteiger partial charge in [-0.05, 0) is 61.4 Å². The molecule has 0 bridgehead atoms. The number of anilines is 1. The number of nitrogens with two attached hydrogens (primary N) is 1. The fraction of sp³-hybridized carbons (Fsp3) is 0.500.